The summed E-state index contributed by atoms with van der Waals surface area (Å²) in [4.78, 5) is 24.2. The SMILES string of the molecule is COC(=O)CSc1nnc(-c2nn(Cc3ccccc3)c(=O)c3ccccc23)o1. The number of carbonyl (C=O) groups excluding carboxylic acids is 1. The van der Waals surface area contributed by atoms with Gasteiger partial charge in [-0.15, -0.1) is 10.2 Å². The molecule has 2 heterocycles. The zero-order valence-electron chi connectivity index (χ0n) is 15.4. The normalized spacial score (nSPS) is 10.9. The smallest absolute Gasteiger partial charge is 0.316 e. The summed E-state index contributed by atoms with van der Waals surface area (Å²) in [6.07, 6.45) is 0. The quantitative estimate of drug-likeness (QED) is 0.355. The Morgan fingerprint density at radius 2 is 1.79 bits per heavy atom. The highest BCUT2D eigenvalue weighted by atomic mass is 32.2. The van der Waals surface area contributed by atoms with Crippen LogP contribution in [0.1, 0.15) is 5.56 Å². The average molecular weight is 408 g/mol. The van der Waals surface area contributed by atoms with Gasteiger partial charge in [-0.25, -0.2) is 4.68 Å². The van der Waals surface area contributed by atoms with E-state index in [9.17, 15) is 9.59 Å². The Bertz CT molecular complexity index is 1220. The van der Waals surface area contributed by atoms with Crippen molar-refractivity contribution in [2.24, 2.45) is 0 Å². The molecule has 29 heavy (non-hydrogen) atoms. The number of hydrogen-bond donors (Lipinski definition) is 0. The summed E-state index contributed by atoms with van der Waals surface area (Å²) in [7, 11) is 1.31. The molecule has 9 heteroatoms. The molecule has 0 spiro atoms. The Balaban J connectivity index is 1.76. The van der Waals surface area contributed by atoms with Gasteiger partial charge in [-0.3, -0.25) is 9.59 Å². The van der Waals surface area contributed by atoms with Crippen LogP contribution in [-0.4, -0.2) is 38.8 Å². The second-order valence-corrected chi connectivity index (χ2v) is 7.01. The van der Waals surface area contributed by atoms with E-state index in [4.69, 9.17) is 4.42 Å². The van der Waals surface area contributed by atoms with Crippen LogP contribution in [0.5, 0.6) is 0 Å². The summed E-state index contributed by atoms with van der Waals surface area (Å²) in [5, 5.41) is 13.9. The second kappa shape index (κ2) is 8.27. The Kier molecular flexibility index (Phi) is 5.39. The number of benzene rings is 2. The first-order valence-electron chi connectivity index (χ1n) is 8.73. The molecule has 0 aliphatic rings. The fraction of sp³-hybridized carbons (Fsp3) is 0.150. The van der Waals surface area contributed by atoms with E-state index < -0.39 is 5.97 Å². The first-order valence-corrected chi connectivity index (χ1v) is 9.71. The van der Waals surface area contributed by atoms with Gasteiger partial charge in [0.2, 0.25) is 0 Å². The van der Waals surface area contributed by atoms with Crippen molar-refractivity contribution in [3.05, 3.63) is 70.5 Å². The first-order chi connectivity index (χ1) is 14.2. The van der Waals surface area contributed by atoms with E-state index in [1.54, 1.807) is 18.2 Å². The van der Waals surface area contributed by atoms with Crippen LogP contribution in [0.2, 0.25) is 0 Å². The third-order valence-corrected chi connectivity index (χ3v) is 4.99. The summed E-state index contributed by atoms with van der Waals surface area (Å²) >= 11 is 1.07. The zero-order valence-corrected chi connectivity index (χ0v) is 16.3. The summed E-state index contributed by atoms with van der Waals surface area (Å²) in [6.45, 7) is 0.315. The minimum atomic E-state index is -0.394. The number of fused-ring (bicyclic) bond motifs is 1. The van der Waals surface area contributed by atoms with Crippen LogP contribution in [0.25, 0.3) is 22.4 Å². The fourth-order valence-corrected chi connectivity index (χ4v) is 3.40. The number of hydrogen-bond acceptors (Lipinski definition) is 8. The van der Waals surface area contributed by atoms with Gasteiger partial charge in [0.1, 0.15) is 5.75 Å². The molecule has 0 aliphatic heterocycles. The Morgan fingerprint density at radius 3 is 2.55 bits per heavy atom. The lowest BCUT2D eigenvalue weighted by Crippen LogP contribution is -2.24. The molecule has 0 radical (unpaired) electrons. The van der Waals surface area contributed by atoms with Crippen LogP contribution in [0, 0.1) is 0 Å². The van der Waals surface area contributed by atoms with Crippen LogP contribution in [-0.2, 0) is 16.1 Å². The van der Waals surface area contributed by atoms with Crippen LogP contribution < -0.4 is 5.56 Å². The predicted molar refractivity (Wildman–Crippen MR) is 108 cm³/mol. The molecular weight excluding hydrogens is 392 g/mol. The monoisotopic (exact) mass is 408 g/mol. The van der Waals surface area contributed by atoms with Gasteiger partial charge >= 0.3 is 5.97 Å². The molecule has 2 aromatic heterocycles. The number of esters is 1. The van der Waals surface area contributed by atoms with Gasteiger partial charge in [-0.2, -0.15) is 5.10 Å². The number of ether oxygens (including phenoxy) is 1. The van der Waals surface area contributed by atoms with E-state index in [0.717, 1.165) is 17.3 Å². The number of carbonyl (C=O) groups is 1. The second-order valence-electron chi connectivity index (χ2n) is 6.08. The molecule has 0 atom stereocenters. The lowest BCUT2D eigenvalue weighted by molar-refractivity contribution is -0.137. The summed E-state index contributed by atoms with van der Waals surface area (Å²) in [5.41, 5.74) is 1.16. The van der Waals surface area contributed by atoms with E-state index in [-0.39, 0.29) is 22.4 Å². The molecule has 4 aromatic rings. The molecule has 0 N–H and O–H groups in total. The van der Waals surface area contributed by atoms with E-state index in [1.807, 2.05) is 36.4 Å². The highest BCUT2D eigenvalue weighted by Crippen LogP contribution is 2.26. The maximum atomic E-state index is 12.9. The predicted octanol–water partition coefficient (Wildman–Crippen LogP) is 2.76. The van der Waals surface area contributed by atoms with Gasteiger partial charge < -0.3 is 9.15 Å². The highest BCUT2D eigenvalue weighted by Gasteiger charge is 2.18. The van der Waals surface area contributed by atoms with Crippen LogP contribution in [0.4, 0.5) is 0 Å². The number of methoxy groups -OCH3 is 1. The molecular formula is C20H16N4O4S. The molecule has 0 aliphatic carbocycles. The zero-order chi connectivity index (χ0) is 20.2. The molecule has 2 aromatic carbocycles. The van der Waals surface area contributed by atoms with Crippen molar-refractivity contribution >= 4 is 28.5 Å². The van der Waals surface area contributed by atoms with E-state index in [0.29, 0.717) is 23.0 Å². The van der Waals surface area contributed by atoms with Gasteiger partial charge in [0, 0.05) is 5.39 Å². The van der Waals surface area contributed by atoms with Gasteiger partial charge in [0.05, 0.1) is 19.0 Å². The highest BCUT2D eigenvalue weighted by molar-refractivity contribution is 7.99. The molecule has 0 saturated heterocycles. The molecule has 4 rings (SSSR count). The van der Waals surface area contributed by atoms with Gasteiger partial charge in [-0.1, -0.05) is 60.3 Å². The largest absolute Gasteiger partial charge is 0.468 e. The molecule has 0 saturated carbocycles. The summed E-state index contributed by atoms with van der Waals surface area (Å²) in [6, 6.07) is 16.7. The van der Waals surface area contributed by atoms with Gasteiger partial charge in [0.15, 0.2) is 5.69 Å². The van der Waals surface area contributed by atoms with Crippen molar-refractivity contribution in [1.29, 1.82) is 0 Å². The van der Waals surface area contributed by atoms with Crippen LogP contribution in [0.15, 0.2) is 69.0 Å². The van der Waals surface area contributed by atoms with Crippen molar-refractivity contribution < 1.29 is 13.9 Å². The lowest BCUT2D eigenvalue weighted by Gasteiger charge is -2.09. The Labute approximate surface area is 169 Å². The van der Waals surface area contributed by atoms with Crippen molar-refractivity contribution in [3.8, 4) is 11.6 Å². The van der Waals surface area contributed by atoms with E-state index >= 15 is 0 Å². The van der Waals surface area contributed by atoms with Crippen molar-refractivity contribution in [2.45, 2.75) is 11.8 Å². The van der Waals surface area contributed by atoms with E-state index in [1.165, 1.54) is 11.8 Å². The topological polar surface area (TPSA) is 100 Å². The fourth-order valence-electron chi connectivity index (χ4n) is 2.80. The Morgan fingerprint density at radius 1 is 1.07 bits per heavy atom. The van der Waals surface area contributed by atoms with Crippen LogP contribution >= 0.6 is 11.8 Å². The maximum absolute atomic E-state index is 12.9. The molecule has 0 unspecified atom stereocenters. The lowest BCUT2D eigenvalue weighted by atomic mass is 10.1. The summed E-state index contributed by atoms with van der Waals surface area (Å²) < 4.78 is 11.7. The van der Waals surface area contributed by atoms with Crippen molar-refractivity contribution in [1.82, 2.24) is 20.0 Å². The minimum absolute atomic E-state index is 0.0554. The van der Waals surface area contributed by atoms with Gasteiger partial charge in [-0.05, 0) is 11.6 Å². The average Bonchev–Trinajstić information content (AvgIpc) is 3.23. The van der Waals surface area contributed by atoms with Crippen LogP contribution in [0.3, 0.4) is 0 Å². The number of nitrogens with zero attached hydrogens (tertiary/aromatic N) is 4. The Hall–Kier alpha value is -3.46. The number of aromatic nitrogens is 4. The molecule has 0 bridgehead atoms. The van der Waals surface area contributed by atoms with Crippen molar-refractivity contribution in [3.63, 3.8) is 0 Å². The van der Waals surface area contributed by atoms with Gasteiger partial charge in [0.25, 0.3) is 16.7 Å². The number of rotatable bonds is 6. The first kappa shape index (κ1) is 18.9. The number of thioether (sulfide) groups is 1. The minimum Gasteiger partial charge on any atom is -0.468 e. The maximum Gasteiger partial charge on any atom is 0.316 e. The van der Waals surface area contributed by atoms with E-state index in [2.05, 4.69) is 20.0 Å². The third kappa shape index (κ3) is 4.04. The molecule has 0 amide bonds. The third-order valence-electron chi connectivity index (χ3n) is 4.19. The standard InChI is InChI=1S/C20H16N4O4S/c1-27-16(25)12-29-20-22-21-18(28-20)17-14-9-5-6-10-15(14)19(26)24(23-17)11-13-7-3-2-4-8-13/h2-10H,11-12H2,1H3. The van der Waals surface area contributed by atoms with Crippen molar-refractivity contribution in [2.75, 3.05) is 12.9 Å². The molecule has 0 fully saturated rings. The molecule has 8 nitrogen and oxygen atoms in total. The summed E-state index contributed by atoms with van der Waals surface area (Å²) in [5.74, 6) is -0.162. The molecule has 146 valence electrons.